The fraction of sp³-hybridized carbons (Fsp3) is 0.578. The Hall–Kier alpha value is -4.67. The van der Waals surface area contributed by atoms with E-state index in [2.05, 4.69) is 15.3 Å². The third kappa shape index (κ3) is 8.47. The Morgan fingerprint density at radius 3 is 2.15 bits per heavy atom. The van der Waals surface area contributed by atoms with Gasteiger partial charge in [-0.3, -0.25) is 19.5 Å². The molecule has 7 N–H and O–H groups in total. The number of anilines is 1. The van der Waals surface area contributed by atoms with E-state index in [0.29, 0.717) is 19.1 Å². The topological polar surface area (TPSA) is 214 Å². The number of phenols is 3. The molecular formula is C45H62N4O11. The van der Waals surface area contributed by atoms with Gasteiger partial charge < -0.3 is 50.2 Å². The fourth-order valence-electron chi connectivity index (χ4n) is 9.08. The van der Waals surface area contributed by atoms with E-state index in [0.717, 1.165) is 13.1 Å². The summed E-state index contributed by atoms with van der Waals surface area (Å²) in [5.74, 6) is -7.52. The number of hydrogen-bond acceptors (Lipinski definition) is 14. The van der Waals surface area contributed by atoms with E-state index in [-0.39, 0.29) is 44.5 Å². The predicted molar refractivity (Wildman–Crippen MR) is 227 cm³/mol. The van der Waals surface area contributed by atoms with Crippen LogP contribution in [-0.4, -0.2) is 128 Å². The number of ether oxygens (including phenoxy) is 3. The van der Waals surface area contributed by atoms with Gasteiger partial charge in [-0.1, -0.05) is 58.8 Å². The first-order valence-corrected chi connectivity index (χ1v) is 21.0. The van der Waals surface area contributed by atoms with E-state index >= 15 is 0 Å². The lowest BCUT2D eigenvalue weighted by Crippen LogP contribution is -2.47. The standard InChI is InChI=1S/C45H62N4O11/c1-23-12-11-13-24(2)44(57)47-35-30(22-46-49-19-17-48(18-20-49)29-14-9-10-15-29)40(54)32-33(41(35)55)39(53)28(6)42-34(32)43(56)45(7,60-42)59-21-16-31(58-8)25(3)37(51)27(5)38(52)26(4)36(23)50/h11-13,16,21-23,25-27,29,31,36-38,50-55H,9-10,14-15,17-20H2,1-8H3,(H,47,57)/b12-11-,21-16-,24-13-,46-22?. The van der Waals surface area contributed by atoms with Crippen LogP contribution in [0.2, 0.25) is 0 Å². The number of fused-ring (bicyclic) bond motifs is 14. The molecule has 1 saturated heterocycles. The molecule has 4 aliphatic heterocycles. The summed E-state index contributed by atoms with van der Waals surface area (Å²) in [5.41, 5.74) is -0.233. The van der Waals surface area contributed by atoms with Crippen LogP contribution in [0.4, 0.5) is 5.69 Å². The molecule has 7 rings (SSSR count). The molecule has 2 aromatic carbocycles. The van der Waals surface area contributed by atoms with Crippen molar-refractivity contribution in [1.29, 1.82) is 0 Å². The van der Waals surface area contributed by atoms with Crippen LogP contribution in [0.1, 0.15) is 88.7 Å². The second-order valence-electron chi connectivity index (χ2n) is 17.2. The molecule has 0 radical (unpaired) electrons. The number of benzene rings is 2. The Bertz CT molecular complexity index is 2070. The van der Waals surface area contributed by atoms with Gasteiger partial charge in [0.25, 0.3) is 11.7 Å². The van der Waals surface area contributed by atoms with Gasteiger partial charge in [-0.05, 0) is 32.8 Å². The van der Waals surface area contributed by atoms with Gasteiger partial charge in [0, 0.05) is 86.4 Å². The number of carbonyl (C=O) groups is 2. The first-order valence-electron chi connectivity index (χ1n) is 21.0. The Morgan fingerprint density at radius 2 is 1.50 bits per heavy atom. The Labute approximate surface area is 351 Å². The highest BCUT2D eigenvalue weighted by Crippen LogP contribution is 2.55. The van der Waals surface area contributed by atoms with Gasteiger partial charge in [0.05, 0.1) is 59.1 Å². The van der Waals surface area contributed by atoms with Gasteiger partial charge in [0.15, 0.2) is 5.75 Å². The SMILES string of the molecule is COC1/C=C\OC2(C)Oc3c(C)c(O)c4c(O)c(c(C=NN5CCN(C6CCCC6)CC5)c(O)c4c3C2=O)NC(=O)/C(C)=C\C=C/C(C)C(O)C(C)C(O)C(C)C(O)C1C. The molecule has 1 amide bonds. The van der Waals surface area contributed by atoms with Gasteiger partial charge in [-0.15, -0.1) is 0 Å². The largest absolute Gasteiger partial charge is 0.507 e. The minimum atomic E-state index is -2.01. The molecule has 5 bridgehead atoms. The summed E-state index contributed by atoms with van der Waals surface area (Å²) in [5, 5.41) is 78.4. The van der Waals surface area contributed by atoms with Crippen LogP contribution in [0.3, 0.4) is 0 Å². The first kappa shape index (κ1) is 44.9. The van der Waals surface area contributed by atoms with Crippen molar-refractivity contribution < 1.29 is 54.4 Å². The maximum atomic E-state index is 14.4. The number of nitrogens with zero attached hydrogens (tertiary/aromatic N) is 3. The van der Waals surface area contributed by atoms with Crippen molar-refractivity contribution in [3.8, 4) is 23.0 Å². The summed E-state index contributed by atoms with van der Waals surface area (Å²) in [6, 6.07) is 0.561. The van der Waals surface area contributed by atoms with Gasteiger partial charge in [-0.25, -0.2) is 0 Å². The summed E-state index contributed by atoms with van der Waals surface area (Å²) in [6.45, 7) is 14.1. The van der Waals surface area contributed by atoms with E-state index < -0.39 is 82.8 Å². The molecule has 1 saturated carbocycles. The van der Waals surface area contributed by atoms with Crippen molar-refractivity contribution in [3.63, 3.8) is 0 Å². The Kier molecular flexibility index (Phi) is 13.6. The van der Waals surface area contributed by atoms with Crippen LogP contribution in [0, 0.1) is 30.6 Å². The smallest absolute Gasteiger partial charge is 0.312 e. The molecule has 9 atom stereocenters. The maximum Gasteiger partial charge on any atom is 0.312 e. The molecule has 328 valence electrons. The number of hydrazone groups is 1. The lowest BCUT2D eigenvalue weighted by Gasteiger charge is -2.36. The van der Waals surface area contributed by atoms with Crippen molar-refractivity contribution in [2.24, 2.45) is 28.8 Å². The molecule has 2 aromatic rings. The zero-order valence-electron chi connectivity index (χ0n) is 35.9. The van der Waals surface area contributed by atoms with Gasteiger partial charge >= 0.3 is 5.79 Å². The number of aliphatic hydroxyl groups is 3. The fourth-order valence-corrected chi connectivity index (χ4v) is 9.08. The minimum absolute atomic E-state index is 0.0742. The molecule has 5 aliphatic rings. The van der Waals surface area contributed by atoms with Crippen LogP contribution >= 0.6 is 0 Å². The number of nitrogens with one attached hydrogen (secondary N) is 1. The van der Waals surface area contributed by atoms with Crippen molar-refractivity contribution in [3.05, 3.63) is 52.8 Å². The van der Waals surface area contributed by atoms with E-state index in [9.17, 15) is 40.2 Å². The number of amides is 1. The number of phenolic OH excluding ortho intramolecular Hbond substituents is 3. The number of aromatic hydroxyl groups is 3. The molecule has 0 spiro atoms. The molecule has 15 nitrogen and oxygen atoms in total. The molecule has 2 fully saturated rings. The second kappa shape index (κ2) is 18.1. The number of rotatable bonds is 4. The Balaban J connectivity index is 1.46. The van der Waals surface area contributed by atoms with Crippen LogP contribution in [0.15, 0.2) is 41.2 Å². The zero-order chi connectivity index (χ0) is 43.8. The highest BCUT2D eigenvalue weighted by molar-refractivity contribution is 6.23. The van der Waals surface area contributed by atoms with Gasteiger partial charge in [0.1, 0.15) is 17.2 Å². The normalized spacial score (nSPS) is 33.5. The lowest BCUT2D eigenvalue weighted by atomic mass is 9.78. The number of aliphatic hydroxyl groups excluding tert-OH is 3. The first-order chi connectivity index (χ1) is 28.4. The average Bonchev–Trinajstić information content (AvgIpc) is 3.87. The van der Waals surface area contributed by atoms with Gasteiger partial charge in [0.2, 0.25) is 0 Å². The number of allylic oxidation sites excluding steroid dienone is 2. The average molecular weight is 835 g/mol. The van der Waals surface area contributed by atoms with Crippen LogP contribution in [0.25, 0.3) is 10.8 Å². The minimum Gasteiger partial charge on any atom is -0.507 e. The monoisotopic (exact) mass is 834 g/mol. The summed E-state index contributed by atoms with van der Waals surface area (Å²) >= 11 is 0. The zero-order valence-corrected chi connectivity index (χ0v) is 35.9. The van der Waals surface area contributed by atoms with E-state index in [1.165, 1.54) is 71.3 Å². The quantitative estimate of drug-likeness (QED) is 0.122. The molecule has 1 aliphatic carbocycles. The maximum absolute atomic E-state index is 14.4. The summed E-state index contributed by atoms with van der Waals surface area (Å²) < 4.78 is 17.8. The van der Waals surface area contributed by atoms with Crippen LogP contribution in [-0.2, 0) is 14.3 Å². The lowest BCUT2D eigenvalue weighted by molar-refractivity contribution is -0.112. The van der Waals surface area contributed by atoms with Gasteiger partial charge in [-0.2, -0.15) is 5.10 Å². The number of carbonyl (C=O) groups excluding carboxylic acids is 2. The van der Waals surface area contributed by atoms with E-state index in [4.69, 9.17) is 14.2 Å². The third-order valence-corrected chi connectivity index (χ3v) is 13.3. The predicted octanol–water partition coefficient (Wildman–Crippen LogP) is 5.08. The Morgan fingerprint density at radius 1 is 0.867 bits per heavy atom. The van der Waals surface area contributed by atoms with Crippen molar-refractivity contribution in [1.82, 2.24) is 9.91 Å². The van der Waals surface area contributed by atoms with Crippen molar-refractivity contribution in [2.45, 2.75) is 110 Å². The number of hydrogen-bond donors (Lipinski definition) is 7. The number of Topliss-reactive ketones (excluding diaryl/α,β-unsaturated/α-hetero) is 1. The van der Waals surface area contributed by atoms with E-state index in [1.54, 1.807) is 46.8 Å². The molecule has 0 aromatic heterocycles. The summed E-state index contributed by atoms with van der Waals surface area (Å²) in [4.78, 5) is 30.7. The molecular weight excluding hydrogens is 773 g/mol. The molecule has 4 heterocycles. The third-order valence-electron chi connectivity index (χ3n) is 13.3. The molecule has 15 heteroatoms. The molecule has 60 heavy (non-hydrogen) atoms. The second-order valence-corrected chi connectivity index (χ2v) is 17.2. The van der Waals surface area contributed by atoms with Crippen molar-refractivity contribution in [2.75, 3.05) is 38.6 Å². The van der Waals surface area contributed by atoms with E-state index in [1.807, 2.05) is 5.01 Å². The highest BCUT2D eigenvalue weighted by atomic mass is 16.7. The number of piperazine rings is 1. The number of methoxy groups -OCH3 is 1. The summed E-state index contributed by atoms with van der Waals surface area (Å²) in [6.07, 6.45) is 9.71. The summed E-state index contributed by atoms with van der Waals surface area (Å²) in [7, 11) is 1.45. The van der Waals surface area contributed by atoms with Crippen molar-refractivity contribution >= 4 is 34.4 Å². The highest BCUT2D eigenvalue weighted by Gasteiger charge is 2.50. The van der Waals surface area contributed by atoms with Crippen LogP contribution < -0.4 is 10.1 Å². The molecule has 9 unspecified atom stereocenters. The van der Waals surface area contributed by atoms with Crippen LogP contribution in [0.5, 0.6) is 23.0 Å². The number of ketones is 1.